The van der Waals surface area contributed by atoms with E-state index in [2.05, 4.69) is 6.07 Å². The number of nitrogens with zero attached hydrogens (tertiary/aromatic N) is 2. The topological polar surface area (TPSA) is 79.3 Å². The Hall–Kier alpha value is -1.90. The summed E-state index contributed by atoms with van der Waals surface area (Å²) in [6.45, 7) is 1.58. The summed E-state index contributed by atoms with van der Waals surface area (Å²) < 4.78 is 5.20. The van der Waals surface area contributed by atoms with Gasteiger partial charge in [-0.3, -0.25) is 4.79 Å². The lowest BCUT2D eigenvalue weighted by Crippen LogP contribution is -2.49. The van der Waals surface area contributed by atoms with Crippen molar-refractivity contribution in [1.29, 1.82) is 5.26 Å². The van der Waals surface area contributed by atoms with Gasteiger partial charge in [0.15, 0.2) is 0 Å². The van der Waals surface area contributed by atoms with E-state index in [1.165, 1.54) is 0 Å². The Morgan fingerprint density at radius 3 is 2.84 bits per heavy atom. The second-order valence-electron chi connectivity index (χ2n) is 4.56. The number of hydrogen-bond donors (Lipinski definition) is 1. The van der Waals surface area contributed by atoms with Gasteiger partial charge in [-0.2, -0.15) is 5.26 Å². The first-order valence-corrected chi connectivity index (χ1v) is 6.33. The first-order valence-electron chi connectivity index (χ1n) is 6.33. The lowest BCUT2D eigenvalue weighted by Gasteiger charge is -2.31. The van der Waals surface area contributed by atoms with Gasteiger partial charge in [0.05, 0.1) is 24.8 Å². The van der Waals surface area contributed by atoms with E-state index in [1.54, 1.807) is 17.0 Å². The molecule has 0 spiro atoms. The summed E-state index contributed by atoms with van der Waals surface area (Å²) in [6.07, 6.45) is 0.767. The molecule has 0 aromatic heterocycles. The molecule has 2 N–H and O–H groups in total. The van der Waals surface area contributed by atoms with Crippen LogP contribution in [-0.4, -0.2) is 36.7 Å². The fourth-order valence-corrected chi connectivity index (χ4v) is 2.06. The predicted octanol–water partition coefficient (Wildman–Crippen LogP) is 0.634. The summed E-state index contributed by atoms with van der Waals surface area (Å²) in [7, 11) is 0. The van der Waals surface area contributed by atoms with Crippen molar-refractivity contribution >= 4 is 5.91 Å². The molecule has 100 valence electrons. The van der Waals surface area contributed by atoms with Gasteiger partial charge in [0.1, 0.15) is 6.23 Å². The molecule has 0 aliphatic carbocycles. The maximum atomic E-state index is 12.0. The maximum Gasteiger partial charge on any atom is 0.223 e. The van der Waals surface area contributed by atoms with E-state index in [0.29, 0.717) is 38.1 Å². The Morgan fingerprint density at radius 2 is 2.21 bits per heavy atom. The third-order valence-corrected chi connectivity index (χ3v) is 3.16. The molecule has 1 atom stereocenters. The predicted molar refractivity (Wildman–Crippen MR) is 70.0 cm³/mol. The molecule has 0 radical (unpaired) electrons. The first kappa shape index (κ1) is 13.5. The molecule has 1 saturated heterocycles. The molecule has 0 bridgehead atoms. The van der Waals surface area contributed by atoms with Crippen molar-refractivity contribution in [1.82, 2.24) is 4.90 Å². The van der Waals surface area contributed by atoms with Crippen LogP contribution in [0.1, 0.15) is 17.5 Å². The molecule has 1 unspecified atom stereocenters. The van der Waals surface area contributed by atoms with Crippen LogP contribution in [0.3, 0.4) is 0 Å². The lowest BCUT2D eigenvalue weighted by molar-refractivity contribution is -0.138. The highest BCUT2D eigenvalue weighted by molar-refractivity contribution is 5.76. The number of benzene rings is 1. The van der Waals surface area contributed by atoms with Gasteiger partial charge in [0.25, 0.3) is 0 Å². The van der Waals surface area contributed by atoms with Crippen LogP contribution >= 0.6 is 0 Å². The molecule has 1 aromatic rings. The molecule has 5 heteroatoms. The molecule has 1 heterocycles. The van der Waals surface area contributed by atoms with Crippen LogP contribution in [0.15, 0.2) is 24.3 Å². The summed E-state index contributed by atoms with van der Waals surface area (Å²) >= 11 is 0. The van der Waals surface area contributed by atoms with Crippen LogP contribution in [0.25, 0.3) is 0 Å². The smallest absolute Gasteiger partial charge is 0.223 e. The number of hydrogen-bond acceptors (Lipinski definition) is 4. The average molecular weight is 259 g/mol. The standard InChI is InChI=1S/C14H17N3O2/c15-9-12-3-1-11(2-4-12)5-6-14(18)17-7-8-19-13(16)10-17/h1-4,13H,5-8,10,16H2. The molecule has 1 amide bonds. The molecule has 5 nitrogen and oxygen atoms in total. The summed E-state index contributed by atoms with van der Waals surface area (Å²) in [5, 5.41) is 8.71. The average Bonchev–Trinajstić information content (AvgIpc) is 2.45. The number of rotatable bonds is 3. The molecule has 19 heavy (non-hydrogen) atoms. The fraction of sp³-hybridized carbons (Fsp3) is 0.429. The molecule has 2 rings (SSSR count). The zero-order chi connectivity index (χ0) is 13.7. The molecule has 0 saturated carbocycles. The van der Waals surface area contributed by atoms with Crippen molar-refractivity contribution in [3.05, 3.63) is 35.4 Å². The summed E-state index contributed by atoms with van der Waals surface area (Å²) in [5.41, 5.74) is 7.35. The van der Waals surface area contributed by atoms with Crippen molar-refractivity contribution in [2.75, 3.05) is 19.7 Å². The highest BCUT2D eigenvalue weighted by Gasteiger charge is 2.21. The van der Waals surface area contributed by atoms with Crippen molar-refractivity contribution in [2.24, 2.45) is 5.73 Å². The van der Waals surface area contributed by atoms with E-state index < -0.39 is 0 Å². The van der Waals surface area contributed by atoms with E-state index in [0.717, 1.165) is 5.56 Å². The van der Waals surface area contributed by atoms with Crippen LogP contribution in [-0.2, 0) is 16.0 Å². The van der Waals surface area contributed by atoms with Crippen molar-refractivity contribution in [2.45, 2.75) is 19.1 Å². The second-order valence-corrected chi connectivity index (χ2v) is 4.56. The van der Waals surface area contributed by atoms with Gasteiger partial charge < -0.3 is 15.4 Å². The molecule has 1 fully saturated rings. The van der Waals surface area contributed by atoms with E-state index >= 15 is 0 Å². The summed E-state index contributed by atoms with van der Waals surface area (Å²) in [5.74, 6) is 0.100. The zero-order valence-electron chi connectivity index (χ0n) is 10.7. The van der Waals surface area contributed by atoms with Crippen molar-refractivity contribution in [3.63, 3.8) is 0 Å². The number of ether oxygens (including phenoxy) is 1. The Kier molecular flexibility index (Phi) is 4.50. The summed E-state index contributed by atoms with van der Waals surface area (Å²) in [4.78, 5) is 13.8. The second kappa shape index (κ2) is 6.32. The lowest BCUT2D eigenvalue weighted by atomic mass is 10.1. The van der Waals surface area contributed by atoms with Gasteiger partial charge in [-0.1, -0.05) is 12.1 Å². The fourth-order valence-electron chi connectivity index (χ4n) is 2.06. The van der Waals surface area contributed by atoms with E-state index in [-0.39, 0.29) is 12.1 Å². The molecule has 1 aliphatic heterocycles. The largest absolute Gasteiger partial charge is 0.360 e. The molecule has 1 aromatic carbocycles. The van der Waals surface area contributed by atoms with Gasteiger partial charge in [-0.05, 0) is 24.1 Å². The van der Waals surface area contributed by atoms with E-state index in [9.17, 15) is 4.79 Å². The van der Waals surface area contributed by atoms with Crippen LogP contribution in [0, 0.1) is 11.3 Å². The first-order chi connectivity index (χ1) is 9.19. The quantitative estimate of drug-likeness (QED) is 0.863. The Labute approximate surface area is 112 Å². The molecule has 1 aliphatic rings. The minimum Gasteiger partial charge on any atom is -0.360 e. The van der Waals surface area contributed by atoms with Crippen LogP contribution < -0.4 is 5.73 Å². The zero-order valence-corrected chi connectivity index (χ0v) is 10.7. The summed E-state index contributed by atoms with van der Waals surface area (Å²) in [6, 6.07) is 9.38. The van der Waals surface area contributed by atoms with E-state index in [1.807, 2.05) is 12.1 Å². The van der Waals surface area contributed by atoms with Crippen LogP contribution in [0.2, 0.25) is 0 Å². The molecular weight excluding hydrogens is 242 g/mol. The highest BCUT2D eigenvalue weighted by atomic mass is 16.5. The normalized spacial score (nSPS) is 18.9. The minimum atomic E-state index is -0.368. The van der Waals surface area contributed by atoms with Crippen LogP contribution in [0.5, 0.6) is 0 Å². The van der Waals surface area contributed by atoms with Gasteiger partial charge in [-0.15, -0.1) is 0 Å². The van der Waals surface area contributed by atoms with Crippen molar-refractivity contribution < 1.29 is 9.53 Å². The Bertz CT molecular complexity index is 478. The Morgan fingerprint density at radius 1 is 1.47 bits per heavy atom. The Balaban J connectivity index is 1.84. The number of nitriles is 1. The number of carbonyl (C=O) groups is 1. The third-order valence-electron chi connectivity index (χ3n) is 3.16. The number of amides is 1. The molecular formula is C14H17N3O2. The van der Waals surface area contributed by atoms with Crippen molar-refractivity contribution in [3.8, 4) is 6.07 Å². The van der Waals surface area contributed by atoms with Gasteiger partial charge in [0, 0.05) is 13.0 Å². The third kappa shape index (κ3) is 3.78. The van der Waals surface area contributed by atoms with Gasteiger partial charge >= 0.3 is 0 Å². The van der Waals surface area contributed by atoms with Gasteiger partial charge in [-0.25, -0.2) is 0 Å². The number of aryl methyl sites for hydroxylation is 1. The maximum absolute atomic E-state index is 12.0. The number of nitrogens with two attached hydrogens (primary N) is 1. The highest BCUT2D eigenvalue weighted by Crippen LogP contribution is 2.09. The monoisotopic (exact) mass is 259 g/mol. The SMILES string of the molecule is N#Cc1ccc(CCC(=O)N2CCOC(N)C2)cc1. The van der Waals surface area contributed by atoms with E-state index in [4.69, 9.17) is 15.7 Å². The van der Waals surface area contributed by atoms with Gasteiger partial charge in [0.2, 0.25) is 5.91 Å². The number of morpholine rings is 1. The van der Waals surface area contributed by atoms with Crippen LogP contribution in [0.4, 0.5) is 0 Å². The minimum absolute atomic E-state index is 0.100. The number of carbonyl (C=O) groups excluding carboxylic acids is 1.